The van der Waals surface area contributed by atoms with E-state index in [4.69, 9.17) is 14.3 Å². The Bertz CT molecular complexity index is 1090. The zero-order chi connectivity index (χ0) is 22.3. The smallest absolute Gasteiger partial charge is 0.347 e. The largest absolute Gasteiger partial charge is 0.496 e. The van der Waals surface area contributed by atoms with E-state index in [1.54, 1.807) is 7.11 Å². The van der Waals surface area contributed by atoms with Crippen LogP contribution in [0.3, 0.4) is 0 Å². The van der Waals surface area contributed by atoms with Gasteiger partial charge in [0, 0.05) is 29.5 Å². The number of esters is 1. The Kier molecular flexibility index (Phi) is 6.65. The van der Waals surface area contributed by atoms with Gasteiger partial charge < -0.3 is 19.6 Å². The van der Waals surface area contributed by atoms with Gasteiger partial charge in [0.1, 0.15) is 5.75 Å². The third-order valence-corrected chi connectivity index (χ3v) is 5.42. The van der Waals surface area contributed by atoms with Gasteiger partial charge in [-0.15, -0.1) is 0 Å². The van der Waals surface area contributed by atoms with Crippen molar-refractivity contribution in [3.05, 3.63) is 89.5 Å². The predicted octanol–water partition coefficient (Wildman–Crippen LogP) is 3.11. The predicted molar refractivity (Wildman–Crippen MR) is 119 cm³/mol. The second-order valence-corrected chi connectivity index (χ2v) is 7.41. The molecule has 32 heavy (non-hydrogen) atoms. The van der Waals surface area contributed by atoms with Gasteiger partial charge in [0.15, 0.2) is 6.61 Å². The summed E-state index contributed by atoms with van der Waals surface area (Å²) in [4.78, 5) is 29.3. The molecule has 0 radical (unpaired) electrons. The number of carbonyl (C=O) groups excluding carboxylic acids is 2. The first kappa shape index (κ1) is 21.4. The second kappa shape index (κ2) is 9.96. The first-order chi connectivity index (χ1) is 15.7. The van der Waals surface area contributed by atoms with Crippen LogP contribution in [0.15, 0.2) is 78.0 Å². The fourth-order valence-electron chi connectivity index (χ4n) is 3.91. The molecule has 164 valence electrons. The molecule has 2 aliphatic rings. The fourth-order valence-corrected chi connectivity index (χ4v) is 3.91. The summed E-state index contributed by atoms with van der Waals surface area (Å²) in [6.45, 7) is -0.494. The number of ether oxygens (including phenoxy) is 2. The van der Waals surface area contributed by atoms with E-state index in [1.807, 2.05) is 54.6 Å². The van der Waals surface area contributed by atoms with E-state index in [0.717, 1.165) is 16.8 Å². The zero-order valence-electron chi connectivity index (χ0n) is 17.7. The fraction of sp³-hybridized carbons (Fsp3) is 0.240. The van der Waals surface area contributed by atoms with Crippen LogP contribution in [-0.4, -0.2) is 37.9 Å². The molecule has 0 bridgehead atoms. The molecule has 2 aliphatic carbocycles. The zero-order valence-corrected chi connectivity index (χ0v) is 17.7. The molecule has 7 nitrogen and oxygen atoms in total. The lowest BCUT2D eigenvalue weighted by Crippen LogP contribution is -2.29. The molecule has 0 spiro atoms. The van der Waals surface area contributed by atoms with Gasteiger partial charge in [-0.3, -0.25) is 4.79 Å². The van der Waals surface area contributed by atoms with Crippen LogP contribution < -0.4 is 10.1 Å². The number of para-hydroxylation sites is 1. The molecule has 0 saturated carbocycles. The van der Waals surface area contributed by atoms with E-state index in [1.165, 1.54) is 5.56 Å². The summed E-state index contributed by atoms with van der Waals surface area (Å²) in [5.41, 5.74) is 3.82. The summed E-state index contributed by atoms with van der Waals surface area (Å²) >= 11 is 0. The number of nitrogens with zero attached hydrogens (tertiary/aromatic N) is 1. The lowest BCUT2D eigenvalue weighted by atomic mass is 9.88. The lowest BCUT2D eigenvalue weighted by Gasteiger charge is -2.15. The molecular weight excluding hydrogens is 408 g/mol. The topological polar surface area (TPSA) is 86.2 Å². The molecule has 2 aromatic rings. The number of carbonyl (C=O) groups is 2. The van der Waals surface area contributed by atoms with E-state index >= 15 is 0 Å². The Morgan fingerprint density at radius 1 is 0.969 bits per heavy atom. The maximum atomic E-state index is 12.0. The average Bonchev–Trinajstić information content (AvgIpc) is 3.15. The number of oxime groups is 1. The number of fused-ring (bicyclic) bond motifs is 3. The molecule has 0 fully saturated rings. The quantitative estimate of drug-likeness (QED) is 0.512. The number of amides is 1. The van der Waals surface area contributed by atoms with Crippen molar-refractivity contribution < 1.29 is 23.9 Å². The summed E-state index contributed by atoms with van der Waals surface area (Å²) in [7, 11) is 1.57. The van der Waals surface area contributed by atoms with E-state index < -0.39 is 18.5 Å². The molecule has 2 atom stereocenters. The molecule has 0 aromatic heterocycles. The van der Waals surface area contributed by atoms with Gasteiger partial charge in [0.2, 0.25) is 6.61 Å². The van der Waals surface area contributed by atoms with Crippen LogP contribution in [0.25, 0.3) is 0 Å². The van der Waals surface area contributed by atoms with Crippen LogP contribution in [0, 0.1) is 5.92 Å². The molecule has 0 heterocycles. The highest BCUT2D eigenvalue weighted by atomic mass is 16.7. The Balaban J connectivity index is 1.25. The highest BCUT2D eigenvalue weighted by Crippen LogP contribution is 2.41. The van der Waals surface area contributed by atoms with Gasteiger partial charge in [0.25, 0.3) is 5.91 Å². The minimum Gasteiger partial charge on any atom is -0.496 e. The molecule has 0 aliphatic heterocycles. The molecule has 2 unspecified atom stereocenters. The summed E-state index contributed by atoms with van der Waals surface area (Å²) in [5, 5.41) is 6.92. The van der Waals surface area contributed by atoms with E-state index in [-0.39, 0.29) is 25.0 Å². The monoisotopic (exact) mass is 432 g/mol. The van der Waals surface area contributed by atoms with Crippen LogP contribution >= 0.6 is 0 Å². The molecule has 4 rings (SSSR count). The first-order valence-electron chi connectivity index (χ1n) is 10.4. The van der Waals surface area contributed by atoms with Crippen molar-refractivity contribution in [2.24, 2.45) is 11.1 Å². The van der Waals surface area contributed by atoms with Crippen LogP contribution in [0.2, 0.25) is 0 Å². The van der Waals surface area contributed by atoms with Crippen molar-refractivity contribution in [1.82, 2.24) is 5.32 Å². The SMILES string of the molecule is COc1ccccc1CNC(=O)COC(=O)CON=C1c2ccccc2C2C=CC=CC12. The number of methoxy groups -OCH3 is 1. The van der Waals surface area contributed by atoms with Crippen LogP contribution in [0.4, 0.5) is 0 Å². The number of rotatable bonds is 8. The van der Waals surface area contributed by atoms with Crippen molar-refractivity contribution in [3.63, 3.8) is 0 Å². The third-order valence-electron chi connectivity index (χ3n) is 5.42. The molecule has 2 aromatic carbocycles. The van der Waals surface area contributed by atoms with Crippen molar-refractivity contribution >= 4 is 17.6 Å². The van der Waals surface area contributed by atoms with Gasteiger partial charge >= 0.3 is 5.97 Å². The average molecular weight is 432 g/mol. The van der Waals surface area contributed by atoms with Gasteiger partial charge in [-0.1, -0.05) is 71.9 Å². The Labute approximate surface area is 186 Å². The van der Waals surface area contributed by atoms with Crippen molar-refractivity contribution in [2.75, 3.05) is 20.3 Å². The Morgan fingerprint density at radius 2 is 1.72 bits per heavy atom. The number of allylic oxidation sites excluding steroid dienone is 4. The van der Waals surface area contributed by atoms with Crippen molar-refractivity contribution in [2.45, 2.75) is 12.5 Å². The summed E-state index contributed by atoms with van der Waals surface area (Å²) in [6, 6.07) is 15.4. The lowest BCUT2D eigenvalue weighted by molar-refractivity contribution is -0.152. The highest BCUT2D eigenvalue weighted by Gasteiger charge is 2.36. The highest BCUT2D eigenvalue weighted by molar-refractivity contribution is 6.08. The maximum absolute atomic E-state index is 12.0. The van der Waals surface area contributed by atoms with E-state index in [0.29, 0.717) is 5.75 Å². The summed E-state index contributed by atoms with van der Waals surface area (Å²) in [5.74, 6) is -0.103. The Morgan fingerprint density at radius 3 is 2.56 bits per heavy atom. The molecular formula is C25H24N2O5. The molecule has 0 saturated heterocycles. The second-order valence-electron chi connectivity index (χ2n) is 7.41. The minimum atomic E-state index is -0.663. The number of hydrogen-bond acceptors (Lipinski definition) is 6. The molecule has 7 heteroatoms. The van der Waals surface area contributed by atoms with Crippen molar-refractivity contribution in [1.29, 1.82) is 0 Å². The molecule has 1 amide bonds. The number of benzene rings is 2. The number of hydrogen-bond donors (Lipinski definition) is 1. The van der Waals surface area contributed by atoms with Crippen LogP contribution in [0.1, 0.15) is 22.6 Å². The first-order valence-corrected chi connectivity index (χ1v) is 10.4. The molecule has 1 N–H and O–H groups in total. The normalized spacial score (nSPS) is 19.2. The summed E-state index contributed by atoms with van der Waals surface area (Å²) < 4.78 is 10.2. The van der Waals surface area contributed by atoms with E-state index in [2.05, 4.69) is 28.7 Å². The van der Waals surface area contributed by atoms with Crippen LogP contribution in [-0.2, 0) is 25.7 Å². The van der Waals surface area contributed by atoms with Crippen LogP contribution in [0.5, 0.6) is 5.75 Å². The Hall–Kier alpha value is -3.87. The minimum absolute atomic E-state index is 0.0779. The number of nitrogens with one attached hydrogen (secondary N) is 1. The van der Waals surface area contributed by atoms with Crippen molar-refractivity contribution in [3.8, 4) is 5.75 Å². The van der Waals surface area contributed by atoms with E-state index in [9.17, 15) is 9.59 Å². The standard InChI is InChI=1S/C25H24N2O5/c1-30-22-13-7-2-8-17(22)14-26-23(28)15-31-24(29)16-32-27-25-20-11-5-3-9-18(20)19-10-4-6-12-21(19)25/h2-13,18,20H,14-16H2,1H3,(H,26,28). The maximum Gasteiger partial charge on any atom is 0.347 e. The van der Waals surface area contributed by atoms with Gasteiger partial charge in [-0.2, -0.15) is 0 Å². The van der Waals surface area contributed by atoms with Gasteiger partial charge in [0.05, 0.1) is 12.8 Å². The van der Waals surface area contributed by atoms with Gasteiger partial charge in [-0.25, -0.2) is 4.79 Å². The summed E-state index contributed by atoms with van der Waals surface area (Å²) in [6.07, 6.45) is 8.24. The third kappa shape index (κ3) is 4.72. The van der Waals surface area contributed by atoms with Gasteiger partial charge in [-0.05, 0) is 11.6 Å².